The zero-order chi connectivity index (χ0) is 26.1. The minimum Gasteiger partial charge on any atom is -0.459 e. The van der Waals surface area contributed by atoms with Crippen molar-refractivity contribution in [3.8, 4) is 11.1 Å². The van der Waals surface area contributed by atoms with Gasteiger partial charge in [-0.3, -0.25) is 30.4 Å². The maximum Gasteiger partial charge on any atom is 0.306 e. The monoisotopic (exact) mass is 490 g/mol. The molecule has 10 nitrogen and oxygen atoms in total. The van der Waals surface area contributed by atoms with E-state index in [1.54, 1.807) is 0 Å². The fraction of sp³-hybridized carbons (Fsp3) is 0.231. The third-order valence-electron chi connectivity index (χ3n) is 5.32. The van der Waals surface area contributed by atoms with Gasteiger partial charge >= 0.3 is 11.7 Å². The zero-order valence-corrected chi connectivity index (χ0v) is 19.9. The summed E-state index contributed by atoms with van der Waals surface area (Å²) in [5.41, 5.74) is 4.65. The number of anilines is 1. The lowest BCUT2D eigenvalue weighted by Crippen LogP contribution is -2.17. The number of esters is 1. The number of carbonyl (C=O) groups excluding carboxylic acids is 1. The van der Waals surface area contributed by atoms with Crippen molar-refractivity contribution in [3.63, 3.8) is 0 Å². The van der Waals surface area contributed by atoms with E-state index in [0.717, 1.165) is 23.3 Å². The lowest BCUT2D eigenvalue weighted by Gasteiger charge is -2.11. The largest absolute Gasteiger partial charge is 0.459 e. The Hall–Kier alpha value is -4.60. The van der Waals surface area contributed by atoms with E-state index < -0.39 is 21.2 Å². The molecule has 0 aromatic heterocycles. The number of ether oxygens (including phenoxy) is 1. The van der Waals surface area contributed by atoms with E-state index in [1.165, 1.54) is 6.07 Å². The van der Waals surface area contributed by atoms with Gasteiger partial charge in [-0.05, 0) is 29.5 Å². The highest BCUT2D eigenvalue weighted by atomic mass is 16.6. The van der Waals surface area contributed by atoms with Crippen LogP contribution in [0.25, 0.3) is 11.1 Å². The highest BCUT2D eigenvalue weighted by Gasteiger charge is 2.20. The molecule has 3 aromatic rings. The van der Waals surface area contributed by atoms with Gasteiger partial charge in [0, 0.05) is 18.1 Å². The van der Waals surface area contributed by atoms with E-state index in [4.69, 9.17) is 4.74 Å². The molecule has 0 spiro atoms. The summed E-state index contributed by atoms with van der Waals surface area (Å²) in [5, 5.41) is 26.7. The van der Waals surface area contributed by atoms with Gasteiger partial charge < -0.3 is 4.74 Å². The Morgan fingerprint density at radius 3 is 2.22 bits per heavy atom. The van der Waals surface area contributed by atoms with Crippen LogP contribution in [0.1, 0.15) is 32.3 Å². The summed E-state index contributed by atoms with van der Waals surface area (Å²) in [5.74, 6) is -0.0285. The summed E-state index contributed by atoms with van der Waals surface area (Å²) in [6, 6.07) is 20.4. The Morgan fingerprint density at radius 2 is 1.61 bits per heavy atom. The van der Waals surface area contributed by atoms with Crippen LogP contribution >= 0.6 is 0 Å². The molecule has 0 saturated heterocycles. The van der Waals surface area contributed by atoms with Crippen molar-refractivity contribution < 1.29 is 19.4 Å². The Morgan fingerprint density at radius 1 is 0.944 bits per heavy atom. The first kappa shape index (κ1) is 26.0. The van der Waals surface area contributed by atoms with Gasteiger partial charge in [0.05, 0.1) is 15.9 Å². The van der Waals surface area contributed by atoms with Crippen LogP contribution in [0.2, 0.25) is 0 Å². The van der Waals surface area contributed by atoms with E-state index in [-0.39, 0.29) is 24.7 Å². The Kier molecular flexibility index (Phi) is 8.82. The molecule has 1 N–H and O–H groups in total. The van der Waals surface area contributed by atoms with Gasteiger partial charge in [-0.25, -0.2) is 0 Å². The van der Waals surface area contributed by atoms with Crippen LogP contribution in [0, 0.1) is 26.1 Å². The normalized spacial score (nSPS) is 11.2. The summed E-state index contributed by atoms with van der Waals surface area (Å²) in [4.78, 5) is 33.2. The van der Waals surface area contributed by atoms with E-state index in [1.807, 2.05) is 68.4 Å². The van der Waals surface area contributed by atoms with E-state index in [2.05, 4.69) is 10.5 Å². The second-order valence-electron chi connectivity index (χ2n) is 8.42. The van der Waals surface area contributed by atoms with Crippen LogP contribution in [-0.2, 0) is 9.53 Å². The number of hydrazone groups is 1. The third kappa shape index (κ3) is 7.20. The molecule has 0 saturated carbocycles. The quantitative estimate of drug-likeness (QED) is 0.151. The van der Waals surface area contributed by atoms with Crippen molar-refractivity contribution in [3.05, 3.63) is 98.6 Å². The smallest absolute Gasteiger partial charge is 0.306 e. The van der Waals surface area contributed by atoms with Gasteiger partial charge in [-0.15, -0.1) is 0 Å². The number of nitrogens with one attached hydrogen (secondary N) is 1. The second kappa shape index (κ2) is 12.2. The molecule has 0 aliphatic heterocycles. The maximum atomic E-state index is 12.2. The average Bonchev–Trinajstić information content (AvgIpc) is 2.88. The molecule has 3 aromatic carbocycles. The van der Waals surface area contributed by atoms with Gasteiger partial charge in [-0.1, -0.05) is 68.4 Å². The first-order valence-electron chi connectivity index (χ1n) is 11.3. The number of non-ortho nitro benzene ring substituents is 1. The first-order chi connectivity index (χ1) is 17.2. The molecule has 3 rings (SSSR count). The molecule has 0 aliphatic rings. The van der Waals surface area contributed by atoms with Crippen LogP contribution in [0.3, 0.4) is 0 Å². The highest BCUT2D eigenvalue weighted by molar-refractivity contribution is 6.03. The first-order valence-corrected chi connectivity index (χ1v) is 11.3. The molecular formula is C26H26N4O6. The second-order valence-corrected chi connectivity index (χ2v) is 8.42. The standard InChI is InChI=1S/C26H26N4O6/c1-18(2)8-15-26(31)36-17-24(21-11-9-20(10-12-21)19-6-4-3-5-7-19)28-27-23-14-13-22(29(32)33)16-25(23)30(34)35/h3-7,9-14,16,18,27H,8,15,17H2,1-2H3. The Bertz CT molecular complexity index is 1260. The van der Waals surface area contributed by atoms with Gasteiger partial charge in [-0.2, -0.15) is 5.10 Å². The maximum absolute atomic E-state index is 12.2. The molecule has 186 valence electrons. The van der Waals surface area contributed by atoms with Crippen molar-refractivity contribution >= 4 is 28.7 Å². The number of nitro benzene ring substituents is 2. The fourth-order valence-corrected chi connectivity index (χ4v) is 3.30. The van der Waals surface area contributed by atoms with Gasteiger partial charge in [0.1, 0.15) is 18.0 Å². The predicted molar refractivity (Wildman–Crippen MR) is 137 cm³/mol. The highest BCUT2D eigenvalue weighted by Crippen LogP contribution is 2.29. The number of rotatable bonds is 11. The number of hydrogen-bond acceptors (Lipinski definition) is 8. The third-order valence-corrected chi connectivity index (χ3v) is 5.32. The Labute approximate surface area is 207 Å². The molecule has 0 amide bonds. The lowest BCUT2D eigenvalue weighted by atomic mass is 10.0. The van der Waals surface area contributed by atoms with Gasteiger partial charge in [0.25, 0.3) is 5.69 Å². The van der Waals surface area contributed by atoms with Crippen LogP contribution in [-0.4, -0.2) is 28.1 Å². The van der Waals surface area contributed by atoms with Crippen LogP contribution in [0.5, 0.6) is 0 Å². The molecular weight excluding hydrogens is 464 g/mol. The summed E-state index contributed by atoms with van der Waals surface area (Å²) >= 11 is 0. The van der Waals surface area contributed by atoms with E-state index in [0.29, 0.717) is 23.6 Å². The fourth-order valence-electron chi connectivity index (χ4n) is 3.30. The number of benzene rings is 3. The van der Waals surface area contributed by atoms with Crippen LogP contribution < -0.4 is 5.43 Å². The number of hydrogen-bond donors (Lipinski definition) is 1. The predicted octanol–water partition coefficient (Wildman–Crippen LogP) is 5.97. The molecule has 0 bridgehead atoms. The zero-order valence-electron chi connectivity index (χ0n) is 19.9. The molecule has 36 heavy (non-hydrogen) atoms. The molecule has 0 aliphatic carbocycles. The molecule has 0 unspecified atom stereocenters. The van der Waals surface area contributed by atoms with E-state index >= 15 is 0 Å². The van der Waals surface area contributed by atoms with Crippen LogP contribution in [0.15, 0.2) is 77.9 Å². The minimum atomic E-state index is -0.731. The van der Waals surface area contributed by atoms with Crippen molar-refractivity contribution in [1.82, 2.24) is 0 Å². The van der Waals surface area contributed by atoms with Crippen molar-refractivity contribution in [2.45, 2.75) is 26.7 Å². The Balaban J connectivity index is 1.88. The topological polar surface area (TPSA) is 137 Å². The molecule has 0 atom stereocenters. The number of nitro groups is 2. The summed E-state index contributed by atoms with van der Waals surface area (Å²) in [6.07, 6.45) is 0.948. The lowest BCUT2D eigenvalue weighted by molar-refractivity contribution is -0.393. The van der Waals surface area contributed by atoms with Gasteiger partial charge in [0.15, 0.2) is 0 Å². The summed E-state index contributed by atoms with van der Waals surface area (Å²) in [7, 11) is 0. The van der Waals surface area contributed by atoms with E-state index in [9.17, 15) is 25.0 Å². The SMILES string of the molecule is CC(C)CCC(=O)OCC(=NNc1ccc([N+](=O)[O-])cc1[N+](=O)[O-])c1ccc(-c2ccccc2)cc1. The molecule has 0 heterocycles. The molecule has 0 fully saturated rings. The number of nitrogens with zero attached hydrogens (tertiary/aromatic N) is 3. The number of carbonyl (C=O) groups is 1. The van der Waals surface area contributed by atoms with Crippen molar-refractivity contribution in [2.24, 2.45) is 11.0 Å². The summed E-state index contributed by atoms with van der Waals surface area (Å²) < 4.78 is 5.41. The van der Waals surface area contributed by atoms with Crippen LogP contribution in [0.4, 0.5) is 17.1 Å². The van der Waals surface area contributed by atoms with Crippen molar-refractivity contribution in [1.29, 1.82) is 0 Å². The average molecular weight is 491 g/mol. The minimum absolute atomic E-state index is 0.0323. The molecule has 0 radical (unpaired) electrons. The van der Waals surface area contributed by atoms with Crippen molar-refractivity contribution in [2.75, 3.05) is 12.0 Å². The summed E-state index contributed by atoms with van der Waals surface area (Å²) in [6.45, 7) is 3.86. The van der Waals surface area contributed by atoms with Gasteiger partial charge in [0.2, 0.25) is 0 Å². The molecule has 10 heteroatoms.